The molecule has 0 aliphatic heterocycles. The third-order valence-electron chi connectivity index (χ3n) is 1.92. The maximum atomic E-state index is 11.8. The Balaban J connectivity index is 2.89. The molecule has 17 heavy (non-hydrogen) atoms. The van der Waals surface area contributed by atoms with Gasteiger partial charge in [-0.15, -0.1) is 0 Å². The first-order valence-corrected chi connectivity index (χ1v) is 6.49. The van der Waals surface area contributed by atoms with E-state index in [9.17, 15) is 9.36 Å². The van der Waals surface area contributed by atoms with Gasteiger partial charge in [-0.25, -0.2) is 0 Å². The van der Waals surface area contributed by atoms with Crippen molar-refractivity contribution < 1.29 is 19.1 Å². The molecule has 1 aromatic carbocycles. The SMILES string of the molecule is N#CCN(CP(=O)(O)O)C(=O)c1ccccc1. The summed E-state index contributed by atoms with van der Waals surface area (Å²) in [5, 5.41) is 8.53. The highest BCUT2D eigenvalue weighted by Crippen LogP contribution is 2.35. The molecule has 0 radical (unpaired) electrons. The molecule has 0 aliphatic rings. The molecule has 1 aromatic rings. The molecular weight excluding hydrogens is 243 g/mol. The predicted octanol–water partition coefficient (Wildman–Crippen LogP) is 0.788. The summed E-state index contributed by atoms with van der Waals surface area (Å²) >= 11 is 0. The number of hydrogen-bond acceptors (Lipinski definition) is 3. The van der Waals surface area contributed by atoms with E-state index in [4.69, 9.17) is 15.0 Å². The van der Waals surface area contributed by atoms with Gasteiger partial charge in [-0.3, -0.25) is 9.36 Å². The summed E-state index contributed by atoms with van der Waals surface area (Å²) in [6.45, 7) is -0.362. The van der Waals surface area contributed by atoms with Crippen LogP contribution >= 0.6 is 7.60 Å². The fourth-order valence-electron chi connectivity index (χ4n) is 1.26. The van der Waals surface area contributed by atoms with Crippen molar-refractivity contribution in [3.05, 3.63) is 35.9 Å². The quantitative estimate of drug-likeness (QED) is 0.610. The van der Waals surface area contributed by atoms with Crippen LogP contribution in [-0.4, -0.2) is 33.4 Å². The molecule has 0 saturated heterocycles. The topological polar surface area (TPSA) is 102 Å². The zero-order valence-electron chi connectivity index (χ0n) is 8.85. The molecular formula is C10H11N2O4P. The third-order valence-corrected chi connectivity index (χ3v) is 2.63. The Bertz CT molecular complexity index is 477. The zero-order valence-corrected chi connectivity index (χ0v) is 9.75. The van der Waals surface area contributed by atoms with Gasteiger partial charge in [0.05, 0.1) is 6.07 Å². The van der Waals surface area contributed by atoms with Crippen LogP contribution in [0, 0.1) is 11.3 Å². The van der Waals surface area contributed by atoms with Gasteiger partial charge in [0.2, 0.25) is 0 Å². The molecule has 0 unspecified atom stereocenters. The molecule has 1 amide bonds. The van der Waals surface area contributed by atoms with Gasteiger partial charge < -0.3 is 14.7 Å². The van der Waals surface area contributed by atoms with E-state index in [1.165, 1.54) is 12.1 Å². The van der Waals surface area contributed by atoms with E-state index in [2.05, 4.69) is 0 Å². The molecule has 0 bridgehead atoms. The summed E-state index contributed by atoms with van der Waals surface area (Å²) in [6.07, 6.45) is -0.756. The van der Waals surface area contributed by atoms with Crippen LogP contribution in [0.3, 0.4) is 0 Å². The lowest BCUT2D eigenvalue weighted by Gasteiger charge is -2.19. The summed E-state index contributed by atoms with van der Waals surface area (Å²) in [4.78, 5) is 30.3. The lowest BCUT2D eigenvalue weighted by molar-refractivity contribution is 0.0791. The summed E-state index contributed by atoms with van der Waals surface area (Å²) in [5.41, 5.74) is 0.288. The fraction of sp³-hybridized carbons (Fsp3) is 0.200. The number of nitrogens with zero attached hydrogens (tertiary/aromatic N) is 2. The molecule has 0 atom stereocenters. The average Bonchev–Trinajstić information content (AvgIpc) is 2.27. The Morgan fingerprint density at radius 2 is 1.94 bits per heavy atom. The number of amides is 1. The van der Waals surface area contributed by atoms with Crippen molar-refractivity contribution in [2.45, 2.75) is 0 Å². The van der Waals surface area contributed by atoms with Crippen molar-refractivity contribution in [1.82, 2.24) is 4.90 Å². The van der Waals surface area contributed by atoms with E-state index < -0.39 is 19.8 Å². The summed E-state index contributed by atoms with van der Waals surface area (Å²) in [7, 11) is -4.37. The van der Waals surface area contributed by atoms with E-state index in [1.54, 1.807) is 24.3 Å². The number of carbonyl (C=O) groups excluding carboxylic acids is 1. The van der Waals surface area contributed by atoms with Gasteiger partial charge in [0.1, 0.15) is 12.8 Å². The molecule has 0 fully saturated rings. The molecule has 1 rings (SSSR count). The van der Waals surface area contributed by atoms with Gasteiger partial charge in [-0.05, 0) is 12.1 Å². The van der Waals surface area contributed by atoms with E-state index in [1.807, 2.05) is 0 Å². The number of hydrogen-bond donors (Lipinski definition) is 2. The first-order valence-electron chi connectivity index (χ1n) is 4.70. The van der Waals surface area contributed by atoms with Crippen LogP contribution in [0.15, 0.2) is 30.3 Å². The van der Waals surface area contributed by atoms with Crippen LogP contribution in [-0.2, 0) is 4.57 Å². The largest absolute Gasteiger partial charge is 0.344 e. The standard InChI is InChI=1S/C10H11N2O4P/c11-6-7-12(8-17(14,15)16)10(13)9-4-2-1-3-5-9/h1-5H,7-8H2,(H2,14,15,16). The Labute approximate surface area is 98.3 Å². The number of rotatable bonds is 4. The van der Waals surface area contributed by atoms with Crippen LogP contribution < -0.4 is 0 Å². The first kappa shape index (κ1) is 13.4. The fourth-order valence-corrected chi connectivity index (χ4v) is 1.93. The molecule has 0 aromatic heterocycles. The van der Waals surface area contributed by atoms with Crippen LogP contribution in [0.5, 0.6) is 0 Å². The molecule has 2 N–H and O–H groups in total. The van der Waals surface area contributed by atoms with Crippen molar-refractivity contribution >= 4 is 13.5 Å². The zero-order chi connectivity index (χ0) is 12.9. The van der Waals surface area contributed by atoms with Crippen molar-refractivity contribution in [3.63, 3.8) is 0 Å². The summed E-state index contributed by atoms with van der Waals surface area (Å²) < 4.78 is 10.8. The summed E-state index contributed by atoms with van der Waals surface area (Å²) in [6, 6.07) is 9.73. The molecule has 90 valence electrons. The number of benzene rings is 1. The van der Waals surface area contributed by atoms with Gasteiger partial charge >= 0.3 is 7.60 Å². The molecule has 0 heterocycles. The normalized spacial score (nSPS) is 10.6. The van der Waals surface area contributed by atoms with Gasteiger partial charge in [-0.1, -0.05) is 18.2 Å². The highest BCUT2D eigenvalue weighted by atomic mass is 31.2. The molecule has 0 saturated carbocycles. The monoisotopic (exact) mass is 254 g/mol. The Morgan fingerprint density at radius 3 is 2.41 bits per heavy atom. The van der Waals surface area contributed by atoms with E-state index in [0.29, 0.717) is 0 Å². The molecule has 0 aliphatic carbocycles. The Hall–Kier alpha value is -1.67. The van der Waals surface area contributed by atoms with Gasteiger partial charge in [0, 0.05) is 5.56 Å². The third kappa shape index (κ3) is 4.37. The Kier molecular flexibility index (Phi) is 4.41. The summed E-state index contributed by atoms with van der Waals surface area (Å²) in [5.74, 6) is -0.574. The van der Waals surface area contributed by atoms with Crippen LogP contribution in [0.1, 0.15) is 10.4 Å². The van der Waals surface area contributed by atoms with Crippen LogP contribution in [0.4, 0.5) is 0 Å². The van der Waals surface area contributed by atoms with Crippen molar-refractivity contribution in [3.8, 4) is 6.07 Å². The minimum Gasteiger partial charge on any atom is -0.323 e. The highest BCUT2D eigenvalue weighted by molar-refractivity contribution is 7.51. The molecule has 7 heteroatoms. The number of carbonyl (C=O) groups is 1. The van der Waals surface area contributed by atoms with Crippen LogP contribution in [0.25, 0.3) is 0 Å². The van der Waals surface area contributed by atoms with E-state index in [-0.39, 0.29) is 12.1 Å². The minimum absolute atomic E-state index is 0.288. The lowest BCUT2D eigenvalue weighted by Crippen LogP contribution is -2.32. The maximum absolute atomic E-state index is 11.8. The minimum atomic E-state index is -4.37. The van der Waals surface area contributed by atoms with Crippen molar-refractivity contribution in [2.75, 3.05) is 12.8 Å². The van der Waals surface area contributed by atoms with Crippen LogP contribution in [0.2, 0.25) is 0 Å². The van der Waals surface area contributed by atoms with Gasteiger partial charge in [0.15, 0.2) is 0 Å². The van der Waals surface area contributed by atoms with Gasteiger partial charge in [-0.2, -0.15) is 5.26 Å². The molecule has 0 spiro atoms. The van der Waals surface area contributed by atoms with Crippen molar-refractivity contribution in [1.29, 1.82) is 5.26 Å². The predicted molar refractivity (Wildman–Crippen MR) is 60.0 cm³/mol. The Morgan fingerprint density at radius 1 is 1.35 bits per heavy atom. The lowest BCUT2D eigenvalue weighted by atomic mass is 10.2. The second kappa shape index (κ2) is 5.60. The average molecular weight is 254 g/mol. The molecule has 6 nitrogen and oxygen atoms in total. The maximum Gasteiger partial charge on any atom is 0.344 e. The second-order valence-corrected chi connectivity index (χ2v) is 4.95. The van der Waals surface area contributed by atoms with E-state index >= 15 is 0 Å². The second-order valence-electron chi connectivity index (χ2n) is 3.33. The van der Waals surface area contributed by atoms with E-state index in [0.717, 1.165) is 4.90 Å². The first-order chi connectivity index (χ1) is 7.94. The number of nitriles is 1. The van der Waals surface area contributed by atoms with Crippen molar-refractivity contribution in [2.24, 2.45) is 0 Å². The van der Waals surface area contributed by atoms with Gasteiger partial charge in [0.25, 0.3) is 5.91 Å². The highest BCUT2D eigenvalue weighted by Gasteiger charge is 2.24. The smallest absolute Gasteiger partial charge is 0.323 e.